The van der Waals surface area contributed by atoms with E-state index in [4.69, 9.17) is 21.4 Å². The number of nitriles is 2. The van der Waals surface area contributed by atoms with Crippen LogP contribution in [0.3, 0.4) is 0 Å². The van der Waals surface area contributed by atoms with Crippen LogP contribution in [0.15, 0.2) is 79.8 Å². The highest BCUT2D eigenvalue weighted by molar-refractivity contribution is 7.18. The number of thiazole rings is 1. The predicted octanol–water partition coefficient (Wildman–Crippen LogP) is 3.60. The van der Waals surface area contributed by atoms with Crippen LogP contribution >= 0.6 is 11.3 Å². The average Bonchev–Trinajstić information content (AvgIpc) is 3.40. The van der Waals surface area contributed by atoms with E-state index in [9.17, 15) is 9.59 Å². The van der Waals surface area contributed by atoms with Gasteiger partial charge >= 0.3 is 5.97 Å². The first-order chi connectivity index (χ1) is 17.9. The first kappa shape index (κ1) is 30.0. The number of aromatic nitrogens is 4. The number of carboxylic acid groups (broad SMARTS) is 1. The van der Waals surface area contributed by atoms with Crippen molar-refractivity contribution in [1.29, 1.82) is 10.5 Å². The Morgan fingerprint density at radius 1 is 0.865 bits per heavy atom. The Morgan fingerprint density at radius 2 is 1.35 bits per heavy atom. The summed E-state index contributed by atoms with van der Waals surface area (Å²) in [6.07, 6.45) is 11.8. The molecule has 0 saturated heterocycles. The van der Waals surface area contributed by atoms with E-state index >= 15 is 0 Å². The normalized spacial score (nSPS) is 8.84. The Balaban J connectivity index is 0.000000261. The predicted molar refractivity (Wildman–Crippen MR) is 139 cm³/mol. The molecule has 4 aromatic rings. The molecule has 5 N–H and O–H groups in total. The van der Waals surface area contributed by atoms with E-state index in [1.54, 1.807) is 49.2 Å². The SMILES string of the molecule is N#CCCC(=O)c1ccncc1.N#CCN.Nc1cnc(-c2ccncc2)s1.O=C(O)c1ccncc1. The molecule has 0 fully saturated rings. The molecule has 0 amide bonds. The molecule has 0 spiro atoms. The van der Waals surface area contributed by atoms with Crippen molar-refractivity contribution in [2.24, 2.45) is 5.73 Å². The number of hydrogen-bond acceptors (Lipinski definition) is 11. The molecule has 0 aliphatic rings. The lowest BCUT2D eigenvalue weighted by atomic mass is 10.1. The molecule has 0 unspecified atom stereocenters. The highest BCUT2D eigenvalue weighted by Gasteiger charge is 2.03. The zero-order valence-corrected chi connectivity index (χ0v) is 20.5. The largest absolute Gasteiger partial charge is 0.478 e. The van der Waals surface area contributed by atoms with Gasteiger partial charge in [-0.15, -0.1) is 0 Å². The van der Waals surface area contributed by atoms with Crippen molar-refractivity contribution in [1.82, 2.24) is 19.9 Å². The summed E-state index contributed by atoms with van der Waals surface area (Å²) in [5, 5.41) is 25.8. The van der Waals surface area contributed by atoms with Crippen molar-refractivity contribution in [3.63, 3.8) is 0 Å². The number of rotatable bonds is 5. The van der Waals surface area contributed by atoms with Gasteiger partial charge in [0.1, 0.15) is 10.0 Å². The van der Waals surface area contributed by atoms with Crippen LogP contribution < -0.4 is 11.5 Å². The van der Waals surface area contributed by atoms with E-state index in [0.29, 0.717) is 12.0 Å². The summed E-state index contributed by atoms with van der Waals surface area (Å²) in [6.45, 7) is 0.125. The molecule has 0 bridgehead atoms. The van der Waals surface area contributed by atoms with E-state index in [0.717, 1.165) is 15.6 Å². The smallest absolute Gasteiger partial charge is 0.335 e. The van der Waals surface area contributed by atoms with Crippen molar-refractivity contribution >= 4 is 28.1 Å². The van der Waals surface area contributed by atoms with Gasteiger partial charge in [0.15, 0.2) is 5.78 Å². The number of carbonyl (C=O) groups is 2. The van der Waals surface area contributed by atoms with Gasteiger partial charge in [-0.3, -0.25) is 19.7 Å². The monoisotopic (exact) mass is 516 g/mol. The standard InChI is InChI=1S/C9H8N2O.C8H7N3S.C6H5NO2.C2H4N2/c10-5-1-2-9(12)8-3-6-11-7-4-8;9-7-5-11-8(12-7)6-1-3-10-4-2-6;8-6(9)5-1-3-7-4-2-5;3-1-2-4/h3-4,6-7H,1-2H2;1-5H,9H2;1-4H,(H,8,9);1,3H2. The van der Waals surface area contributed by atoms with Crippen LogP contribution in [0.2, 0.25) is 0 Å². The number of Topliss-reactive ketones (excluding diaryl/α,β-unsaturated/α-hetero) is 1. The topological polar surface area (TPSA) is 206 Å². The summed E-state index contributed by atoms with van der Waals surface area (Å²) in [5.74, 6) is -0.920. The minimum absolute atomic E-state index is 0.000972. The van der Waals surface area contributed by atoms with Crippen LogP contribution in [0.4, 0.5) is 5.00 Å². The molecule has 4 aromatic heterocycles. The van der Waals surface area contributed by atoms with Gasteiger partial charge in [0.05, 0.1) is 30.4 Å². The third-order valence-electron chi connectivity index (χ3n) is 3.94. The first-order valence-electron chi connectivity index (χ1n) is 10.5. The number of hydrogen-bond donors (Lipinski definition) is 3. The fraction of sp³-hybridized carbons (Fsp3) is 0.120. The molecular formula is C25H24N8O3S. The van der Waals surface area contributed by atoms with Gasteiger partial charge in [0, 0.05) is 61.1 Å². The number of carboxylic acids is 1. The minimum atomic E-state index is -0.919. The minimum Gasteiger partial charge on any atom is -0.478 e. The fourth-order valence-electron chi connectivity index (χ4n) is 2.26. The van der Waals surface area contributed by atoms with E-state index in [2.05, 4.69) is 25.7 Å². The molecular weight excluding hydrogens is 492 g/mol. The van der Waals surface area contributed by atoms with Crippen molar-refractivity contribution in [2.45, 2.75) is 12.8 Å². The second kappa shape index (κ2) is 18.3. The Hall–Kier alpha value is -5.04. The molecule has 0 aliphatic carbocycles. The van der Waals surface area contributed by atoms with Crippen LogP contribution in [-0.2, 0) is 0 Å². The highest BCUT2D eigenvalue weighted by Crippen LogP contribution is 2.25. The summed E-state index contributed by atoms with van der Waals surface area (Å²) in [5.41, 5.74) is 12.2. The van der Waals surface area contributed by atoms with Crippen molar-refractivity contribution < 1.29 is 14.7 Å². The molecule has 0 radical (unpaired) electrons. The fourth-order valence-corrected chi connectivity index (χ4v) is 2.95. The Bertz CT molecular complexity index is 1290. The van der Waals surface area contributed by atoms with Gasteiger partial charge < -0.3 is 16.6 Å². The zero-order chi connectivity index (χ0) is 27.3. The van der Waals surface area contributed by atoms with Crippen molar-refractivity contribution in [3.05, 3.63) is 90.9 Å². The highest BCUT2D eigenvalue weighted by atomic mass is 32.1. The van der Waals surface area contributed by atoms with E-state index < -0.39 is 5.97 Å². The molecule has 0 atom stereocenters. The van der Waals surface area contributed by atoms with Gasteiger partial charge in [-0.25, -0.2) is 9.78 Å². The maximum Gasteiger partial charge on any atom is 0.335 e. The van der Waals surface area contributed by atoms with Gasteiger partial charge in [-0.2, -0.15) is 10.5 Å². The van der Waals surface area contributed by atoms with E-state index in [1.807, 2.05) is 18.2 Å². The van der Waals surface area contributed by atoms with Crippen LogP contribution in [0.5, 0.6) is 0 Å². The molecule has 0 saturated carbocycles. The number of nitrogen functional groups attached to an aromatic ring is 1. The number of anilines is 1. The lowest BCUT2D eigenvalue weighted by Crippen LogP contribution is -1.97. The lowest BCUT2D eigenvalue weighted by molar-refractivity contribution is 0.0696. The summed E-state index contributed by atoms with van der Waals surface area (Å²) in [7, 11) is 0. The van der Waals surface area contributed by atoms with Crippen molar-refractivity contribution in [3.8, 4) is 22.7 Å². The number of pyridine rings is 3. The summed E-state index contributed by atoms with van der Waals surface area (Å²) in [6, 6.07) is 13.7. The summed E-state index contributed by atoms with van der Waals surface area (Å²) in [4.78, 5) is 36.9. The number of ketones is 1. The maximum absolute atomic E-state index is 11.2. The van der Waals surface area contributed by atoms with Crippen molar-refractivity contribution in [2.75, 3.05) is 12.3 Å². The Kier molecular flexibility index (Phi) is 14.8. The van der Waals surface area contributed by atoms with Crippen LogP contribution in [0.25, 0.3) is 10.6 Å². The summed E-state index contributed by atoms with van der Waals surface area (Å²) >= 11 is 1.48. The van der Waals surface area contributed by atoms with E-state index in [-0.39, 0.29) is 24.3 Å². The van der Waals surface area contributed by atoms with E-state index in [1.165, 1.54) is 35.9 Å². The molecule has 4 heterocycles. The van der Waals surface area contributed by atoms with Gasteiger partial charge in [-0.1, -0.05) is 11.3 Å². The second-order valence-electron chi connectivity index (χ2n) is 6.52. The number of carbonyl (C=O) groups excluding carboxylic acids is 1. The zero-order valence-electron chi connectivity index (χ0n) is 19.6. The van der Waals surface area contributed by atoms with Gasteiger partial charge in [-0.05, 0) is 36.4 Å². The molecule has 37 heavy (non-hydrogen) atoms. The molecule has 11 nitrogen and oxygen atoms in total. The number of aromatic carboxylic acids is 1. The molecule has 4 rings (SSSR count). The first-order valence-corrected chi connectivity index (χ1v) is 11.4. The van der Waals surface area contributed by atoms with Gasteiger partial charge in [0.25, 0.3) is 0 Å². The van der Waals surface area contributed by atoms with Gasteiger partial charge in [0.2, 0.25) is 0 Å². The number of nitrogens with two attached hydrogens (primary N) is 2. The third kappa shape index (κ3) is 12.8. The summed E-state index contributed by atoms with van der Waals surface area (Å²) < 4.78 is 0. The van der Waals surface area contributed by atoms with Crippen LogP contribution in [-0.4, -0.2) is 43.3 Å². The molecule has 12 heteroatoms. The molecule has 0 aromatic carbocycles. The number of nitrogens with zero attached hydrogens (tertiary/aromatic N) is 6. The lowest BCUT2D eigenvalue weighted by Gasteiger charge is -1.94. The Labute approximate surface area is 217 Å². The molecule has 188 valence electrons. The van der Waals surface area contributed by atoms with Crippen LogP contribution in [0.1, 0.15) is 33.6 Å². The molecule has 0 aliphatic heterocycles. The average molecular weight is 517 g/mol. The third-order valence-corrected chi connectivity index (χ3v) is 4.81. The maximum atomic E-state index is 11.2. The quantitative estimate of drug-likeness (QED) is 0.258. The Morgan fingerprint density at radius 3 is 1.73 bits per heavy atom. The van der Waals surface area contributed by atoms with Crippen LogP contribution in [0, 0.1) is 22.7 Å². The second-order valence-corrected chi connectivity index (χ2v) is 7.59.